The first kappa shape index (κ1) is 17.1. The monoisotopic (exact) mass is 369 g/mol. The van der Waals surface area contributed by atoms with Crippen LogP contribution in [0.25, 0.3) is 22.3 Å². The van der Waals surface area contributed by atoms with Gasteiger partial charge >= 0.3 is 0 Å². The summed E-state index contributed by atoms with van der Waals surface area (Å²) in [7, 11) is 0. The van der Waals surface area contributed by atoms with Gasteiger partial charge in [0.25, 0.3) is 0 Å². The highest BCUT2D eigenvalue weighted by Crippen LogP contribution is 2.32. The van der Waals surface area contributed by atoms with Crippen molar-refractivity contribution in [3.8, 4) is 11.3 Å². The number of nitrogens with zero attached hydrogens (tertiary/aromatic N) is 6. The lowest BCUT2D eigenvalue weighted by Gasteiger charge is -2.24. The minimum absolute atomic E-state index is 0.621. The van der Waals surface area contributed by atoms with Crippen LogP contribution in [0.5, 0.6) is 0 Å². The summed E-state index contributed by atoms with van der Waals surface area (Å²) in [5.41, 5.74) is 3.31. The van der Waals surface area contributed by atoms with Crippen molar-refractivity contribution in [2.75, 3.05) is 32.7 Å². The maximum absolute atomic E-state index is 6.68. The molecule has 2 aromatic heterocycles. The fourth-order valence-electron chi connectivity index (χ4n) is 3.37. The van der Waals surface area contributed by atoms with Crippen LogP contribution < -0.4 is 0 Å². The summed E-state index contributed by atoms with van der Waals surface area (Å²) >= 11 is 6.68. The summed E-state index contributed by atoms with van der Waals surface area (Å²) < 4.78 is 4.04. The maximum Gasteiger partial charge on any atom is 0.182 e. The molecule has 1 aliphatic heterocycles. The lowest BCUT2D eigenvalue weighted by Crippen LogP contribution is -2.42. The van der Waals surface area contributed by atoms with E-state index in [-0.39, 0.29) is 0 Å². The predicted octanol–water partition coefficient (Wildman–Crippen LogP) is 2.48. The zero-order valence-corrected chi connectivity index (χ0v) is 15.7. The first-order valence-corrected chi connectivity index (χ1v) is 9.24. The summed E-state index contributed by atoms with van der Waals surface area (Å²) in [5, 5.41) is 15.0. The summed E-state index contributed by atoms with van der Waals surface area (Å²) in [5.74, 6) is 0. The smallest absolute Gasteiger partial charge is 0.182 e. The van der Waals surface area contributed by atoms with Crippen LogP contribution in [-0.4, -0.2) is 68.9 Å². The third-order valence-electron chi connectivity index (χ3n) is 4.91. The van der Waals surface area contributed by atoms with E-state index in [1.807, 2.05) is 41.9 Å². The molecule has 4 rings (SSSR count). The SMILES string of the molecule is C=[N+]1CCN(CCn2nc(C)c3c(Cl)c(-c4ccccc4)nnc32)CC1. The molecular weight excluding hydrogens is 348 g/mol. The van der Waals surface area contributed by atoms with Gasteiger partial charge in [-0.3, -0.25) is 4.90 Å². The number of aromatic nitrogens is 4. The molecule has 0 spiro atoms. The Kier molecular flexibility index (Phi) is 4.70. The van der Waals surface area contributed by atoms with Crippen molar-refractivity contribution in [3.63, 3.8) is 0 Å². The molecule has 1 saturated heterocycles. The molecule has 134 valence electrons. The van der Waals surface area contributed by atoms with Gasteiger partial charge in [-0.25, -0.2) is 9.26 Å². The normalized spacial score (nSPS) is 15.7. The quantitative estimate of drug-likeness (QED) is 0.663. The molecule has 0 amide bonds. The van der Waals surface area contributed by atoms with E-state index in [1.54, 1.807) is 0 Å². The Labute approximate surface area is 157 Å². The first-order chi connectivity index (χ1) is 12.6. The Bertz CT molecular complexity index is 940. The second kappa shape index (κ2) is 7.13. The summed E-state index contributed by atoms with van der Waals surface area (Å²) in [6, 6.07) is 9.90. The van der Waals surface area contributed by atoms with Gasteiger partial charge in [0.2, 0.25) is 0 Å². The van der Waals surface area contributed by atoms with Gasteiger partial charge in [-0.15, -0.1) is 10.2 Å². The maximum atomic E-state index is 6.68. The Hall–Kier alpha value is -2.31. The average Bonchev–Trinajstić information content (AvgIpc) is 2.99. The van der Waals surface area contributed by atoms with Gasteiger partial charge in [0.15, 0.2) is 18.7 Å². The lowest BCUT2D eigenvalue weighted by molar-refractivity contribution is -0.531. The second-order valence-corrected chi connectivity index (χ2v) is 7.07. The average molecular weight is 370 g/mol. The molecule has 3 aromatic rings. The van der Waals surface area contributed by atoms with Gasteiger partial charge in [-0.2, -0.15) is 5.10 Å². The molecule has 1 fully saturated rings. The largest absolute Gasteiger partial charge is 0.289 e. The lowest BCUT2D eigenvalue weighted by atomic mass is 10.1. The van der Waals surface area contributed by atoms with E-state index in [9.17, 15) is 0 Å². The van der Waals surface area contributed by atoms with E-state index in [0.717, 1.165) is 61.6 Å². The Morgan fingerprint density at radius 2 is 1.85 bits per heavy atom. The summed E-state index contributed by atoms with van der Waals surface area (Å²) in [4.78, 5) is 2.43. The van der Waals surface area contributed by atoms with Crippen molar-refractivity contribution in [3.05, 3.63) is 41.0 Å². The molecule has 0 aliphatic carbocycles. The zero-order valence-electron chi connectivity index (χ0n) is 14.9. The van der Waals surface area contributed by atoms with E-state index in [4.69, 9.17) is 11.6 Å². The summed E-state index contributed by atoms with van der Waals surface area (Å²) in [6.07, 6.45) is 0. The van der Waals surface area contributed by atoms with Crippen LogP contribution in [0.1, 0.15) is 5.69 Å². The first-order valence-electron chi connectivity index (χ1n) is 8.86. The van der Waals surface area contributed by atoms with E-state index in [0.29, 0.717) is 10.7 Å². The topological polar surface area (TPSA) is 49.9 Å². The van der Waals surface area contributed by atoms with E-state index >= 15 is 0 Å². The molecule has 0 bridgehead atoms. The molecule has 0 radical (unpaired) electrons. The van der Waals surface area contributed by atoms with Crippen molar-refractivity contribution in [1.29, 1.82) is 0 Å². The molecule has 26 heavy (non-hydrogen) atoms. The van der Waals surface area contributed by atoms with Crippen LogP contribution in [0, 0.1) is 6.92 Å². The van der Waals surface area contributed by atoms with Crippen molar-refractivity contribution >= 4 is 29.4 Å². The molecule has 1 aromatic carbocycles. The Morgan fingerprint density at radius 1 is 1.12 bits per heavy atom. The van der Waals surface area contributed by atoms with Crippen molar-refractivity contribution in [1.82, 2.24) is 24.9 Å². The Balaban J connectivity index is 1.61. The van der Waals surface area contributed by atoms with Crippen LogP contribution in [0.3, 0.4) is 0 Å². The molecule has 3 heterocycles. The number of fused-ring (bicyclic) bond motifs is 1. The van der Waals surface area contributed by atoms with E-state index < -0.39 is 0 Å². The molecular formula is C19H22ClN6+. The molecule has 0 atom stereocenters. The number of rotatable bonds is 4. The van der Waals surface area contributed by atoms with Crippen LogP contribution in [0.15, 0.2) is 30.3 Å². The van der Waals surface area contributed by atoms with Crippen LogP contribution in [-0.2, 0) is 6.54 Å². The highest BCUT2D eigenvalue weighted by molar-refractivity contribution is 6.37. The number of piperazine rings is 1. The minimum Gasteiger partial charge on any atom is -0.289 e. The van der Waals surface area contributed by atoms with E-state index in [1.165, 1.54) is 0 Å². The number of hydrogen-bond acceptors (Lipinski definition) is 4. The standard InChI is InChI=1S/C19H22ClN6/c1-14-16-17(20)18(15-6-4-3-5-7-15)21-22-19(16)26(23-14)13-12-25-10-8-24(2)9-11-25/h3-7H,2,8-13H2,1H3/q+1. The fourth-order valence-corrected chi connectivity index (χ4v) is 3.74. The Morgan fingerprint density at radius 3 is 2.58 bits per heavy atom. The van der Waals surface area contributed by atoms with Gasteiger partial charge in [0, 0.05) is 12.1 Å². The molecule has 0 unspecified atom stereocenters. The number of halogens is 1. The highest BCUT2D eigenvalue weighted by Gasteiger charge is 2.20. The van der Waals surface area contributed by atoms with Crippen molar-refractivity contribution in [2.24, 2.45) is 0 Å². The third kappa shape index (κ3) is 3.22. The number of aryl methyl sites for hydroxylation is 1. The molecule has 7 heteroatoms. The van der Waals surface area contributed by atoms with Gasteiger partial charge < -0.3 is 0 Å². The molecule has 1 aliphatic rings. The van der Waals surface area contributed by atoms with Crippen LogP contribution >= 0.6 is 11.6 Å². The fraction of sp³-hybridized carbons (Fsp3) is 0.368. The van der Waals surface area contributed by atoms with Gasteiger partial charge in [-0.05, 0) is 6.92 Å². The third-order valence-corrected chi connectivity index (χ3v) is 5.28. The number of benzene rings is 1. The van der Waals surface area contributed by atoms with Crippen LogP contribution in [0.4, 0.5) is 0 Å². The molecule has 0 N–H and O–H groups in total. The number of hydrogen-bond donors (Lipinski definition) is 0. The van der Waals surface area contributed by atoms with Gasteiger partial charge in [0.05, 0.1) is 35.7 Å². The highest BCUT2D eigenvalue weighted by atomic mass is 35.5. The van der Waals surface area contributed by atoms with Crippen molar-refractivity contribution < 1.29 is 4.58 Å². The van der Waals surface area contributed by atoms with Gasteiger partial charge in [-0.1, -0.05) is 41.9 Å². The van der Waals surface area contributed by atoms with Crippen molar-refractivity contribution in [2.45, 2.75) is 13.5 Å². The van der Waals surface area contributed by atoms with Gasteiger partial charge in [0.1, 0.15) is 12.4 Å². The summed E-state index contributed by atoms with van der Waals surface area (Å²) in [6.45, 7) is 11.8. The molecule has 0 saturated carbocycles. The molecule has 6 nitrogen and oxygen atoms in total. The second-order valence-electron chi connectivity index (χ2n) is 6.70. The van der Waals surface area contributed by atoms with E-state index in [2.05, 4.69) is 31.5 Å². The predicted molar refractivity (Wildman–Crippen MR) is 104 cm³/mol. The van der Waals surface area contributed by atoms with Crippen LogP contribution in [0.2, 0.25) is 5.02 Å². The minimum atomic E-state index is 0.621. The zero-order chi connectivity index (χ0) is 18.1.